The minimum Gasteiger partial charge on any atom is -0.497 e. The fourth-order valence-electron chi connectivity index (χ4n) is 2.84. The molecule has 0 saturated carbocycles. The molecule has 9 nitrogen and oxygen atoms in total. The molecule has 0 aliphatic rings. The summed E-state index contributed by atoms with van der Waals surface area (Å²) in [5.74, 6) is 0.353. The van der Waals surface area contributed by atoms with Crippen LogP contribution in [0.15, 0.2) is 47.6 Å². The Kier molecular flexibility index (Phi) is 8.56. The minimum absolute atomic E-state index is 0.0485. The number of amides is 2. The van der Waals surface area contributed by atoms with Crippen LogP contribution < -0.4 is 15.4 Å². The van der Waals surface area contributed by atoms with E-state index in [0.29, 0.717) is 38.0 Å². The van der Waals surface area contributed by atoms with E-state index in [1.165, 1.54) is 13.2 Å². The van der Waals surface area contributed by atoms with Gasteiger partial charge in [-0.1, -0.05) is 35.0 Å². The average molecular weight is 510 g/mol. The van der Waals surface area contributed by atoms with Crippen LogP contribution in [0, 0.1) is 0 Å². The highest BCUT2D eigenvalue weighted by Crippen LogP contribution is 2.26. The Morgan fingerprint density at radius 1 is 1.18 bits per heavy atom. The fraction of sp³-hybridized carbons (Fsp3) is 0.238. The molecular weight excluding hydrogens is 489 g/mol. The number of methoxy groups -OCH3 is 1. The Morgan fingerprint density at radius 2 is 1.91 bits per heavy atom. The molecule has 0 aliphatic heterocycles. The lowest BCUT2D eigenvalue weighted by Crippen LogP contribution is -2.32. The lowest BCUT2D eigenvalue weighted by atomic mass is 10.2. The number of aliphatic hydroxyl groups is 1. The molecule has 0 saturated heterocycles. The number of ether oxygens (including phenoxy) is 1. The van der Waals surface area contributed by atoms with Gasteiger partial charge in [-0.15, -0.1) is 10.2 Å². The van der Waals surface area contributed by atoms with Gasteiger partial charge in [0.15, 0.2) is 11.0 Å². The number of anilines is 1. The molecule has 0 spiro atoms. The fourth-order valence-corrected chi connectivity index (χ4v) is 4.01. The van der Waals surface area contributed by atoms with E-state index in [1.54, 1.807) is 48.0 Å². The third-order valence-corrected chi connectivity index (χ3v) is 6.13. The summed E-state index contributed by atoms with van der Waals surface area (Å²) in [5, 5.41) is 24.6. The number of aromatic nitrogens is 3. The highest BCUT2D eigenvalue weighted by molar-refractivity contribution is 7.99. The average Bonchev–Trinajstić information content (AvgIpc) is 3.18. The Balaban J connectivity index is 1.61. The maximum atomic E-state index is 12.5. The number of hydrogen-bond acceptors (Lipinski definition) is 7. The predicted octanol–water partition coefficient (Wildman–Crippen LogP) is 3.32. The van der Waals surface area contributed by atoms with Gasteiger partial charge in [0.2, 0.25) is 5.91 Å². The Labute approximate surface area is 204 Å². The van der Waals surface area contributed by atoms with Gasteiger partial charge >= 0.3 is 0 Å². The summed E-state index contributed by atoms with van der Waals surface area (Å²) in [6.07, 6.45) is 0. The van der Waals surface area contributed by atoms with Gasteiger partial charge in [-0.3, -0.25) is 9.59 Å². The summed E-state index contributed by atoms with van der Waals surface area (Å²) in [4.78, 5) is 24.8. The van der Waals surface area contributed by atoms with Crippen molar-refractivity contribution in [2.24, 2.45) is 7.05 Å². The van der Waals surface area contributed by atoms with E-state index < -0.39 is 6.04 Å². The van der Waals surface area contributed by atoms with Crippen molar-refractivity contribution in [3.8, 4) is 5.75 Å². The molecule has 1 atom stereocenters. The minimum atomic E-state index is -0.784. The molecule has 1 heterocycles. The second-order valence-electron chi connectivity index (χ2n) is 6.80. The number of aliphatic hydroxyl groups excluding tert-OH is 1. The molecule has 2 aromatic carbocycles. The van der Waals surface area contributed by atoms with Crippen LogP contribution in [0.4, 0.5) is 5.69 Å². The summed E-state index contributed by atoms with van der Waals surface area (Å²) in [6, 6.07) is 10.6. The van der Waals surface area contributed by atoms with Crippen LogP contribution in [0.1, 0.15) is 22.2 Å². The van der Waals surface area contributed by atoms with Gasteiger partial charge in [-0.2, -0.15) is 0 Å². The monoisotopic (exact) mass is 509 g/mol. The normalized spacial score (nSPS) is 11.7. The van der Waals surface area contributed by atoms with Crippen LogP contribution in [-0.2, 0) is 11.8 Å². The number of carbonyl (C=O) groups excluding carboxylic acids is 2. The van der Waals surface area contributed by atoms with Gasteiger partial charge in [0.05, 0.1) is 30.2 Å². The first-order chi connectivity index (χ1) is 15.8. The molecule has 3 rings (SSSR count). The number of halogens is 2. The second kappa shape index (κ2) is 11.4. The van der Waals surface area contributed by atoms with Crippen LogP contribution in [0.5, 0.6) is 5.75 Å². The Bertz CT molecular complexity index is 1140. The zero-order valence-electron chi connectivity index (χ0n) is 17.7. The zero-order chi connectivity index (χ0) is 24.0. The number of rotatable bonds is 9. The first-order valence-corrected chi connectivity index (χ1v) is 11.4. The summed E-state index contributed by atoms with van der Waals surface area (Å²) in [7, 11) is 3.23. The van der Waals surface area contributed by atoms with Crippen molar-refractivity contribution >= 4 is 52.5 Å². The second-order valence-corrected chi connectivity index (χ2v) is 8.58. The Morgan fingerprint density at radius 3 is 2.55 bits per heavy atom. The molecule has 3 aromatic rings. The number of nitrogens with one attached hydrogen (secondary N) is 2. The van der Waals surface area contributed by atoms with Crippen molar-refractivity contribution in [1.29, 1.82) is 0 Å². The molecule has 0 aliphatic carbocycles. The first-order valence-electron chi connectivity index (χ1n) is 9.65. The van der Waals surface area contributed by atoms with Crippen LogP contribution in [0.25, 0.3) is 0 Å². The van der Waals surface area contributed by atoms with E-state index in [1.807, 2.05) is 0 Å². The molecule has 174 valence electrons. The van der Waals surface area contributed by atoms with Crippen molar-refractivity contribution in [3.05, 3.63) is 63.9 Å². The first kappa shape index (κ1) is 24.8. The summed E-state index contributed by atoms with van der Waals surface area (Å²) >= 11 is 13.1. The SMILES string of the molecule is COc1ccc(C(=O)N[C@@H](CO)c2nnc(SCC(=O)Nc3ccc(Cl)cc3Cl)n2C)cc1. The molecule has 3 N–H and O–H groups in total. The van der Waals surface area contributed by atoms with Gasteiger partial charge in [0.25, 0.3) is 5.91 Å². The molecular formula is C21H21Cl2N5O4S. The van der Waals surface area contributed by atoms with Gasteiger partial charge in [0.1, 0.15) is 11.8 Å². The number of carbonyl (C=O) groups is 2. The van der Waals surface area contributed by atoms with Crippen LogP contribution >= 0.6 is 35.0 Å². The highest BCUT2D eigenvalue weighted by atomic mass is 35.5. The highest BCUT2D eigenvalue weighted by Gasteiger charge is 2.22. The van der Waals surface area contributed by atoms with E-state index in [4.69, 9.17) is 27.9 Å². The lowest BCUT2D eigenvalue weighted by Gasteiger charge is -2.16. The van der Waals surface area contributed by atoms with Crippen molar-refractivity contribution in [1.82, 2.24) is 20.1 Å². The maximum absolute atomic E-state index is 12.5. The molecule has 1 aromatic heterocycles. The largest absolute Gasteiger partial charge is 0.497 e. The smallest absolute Gasteiger partial charge is 0.251 e. The van der Waals surface area contributed by atoms with Crippen LogP contribution in [0.2, 0.25) is 10.0 Å². The van der Waals surface area contributed by atoms with Crippen LogP contribution in [-0.4, -0.2) is 51.2 Å². The maximum Gasteiger partial charge on any atom is 0.251 e. The third-order valence-electron chi connectivity index (χ3n) is 4.56. The third kappa shape index (κ3) is 6.38. The topological polar surface area (TPSA) is 118 Å². The van der Waals surface area contributed by atoms with Crippen molar-refractivity contribution in [2.45, 2.75) is 11.2 Å². The summed E-state index contributed by atoms with van der Waals surface area (Å²) in [6.45, 7) is -0.381. The van der Waals surface area contributed by atoms with Crippen LogP contribution in [0.3, 0.4) is 0 Å². The van der Waals surface area contributed by atoms with Gasteiger partial charge in [-0.25, -0.2) is 0 Å². The quantitative estimate of drug-likeness (QED) is 0.378. The summed E-state index contributed by atoms with van der Waals surface area (Å²) < 4.78 is 6.70. The molecule has 0 unspecified atom stereocenters. The molecule has 0 fully saturated rings. The van der Waals surface area contributed by atoms with Crippen molar-refractivity contribution in [3.63, 3.8) is 0 Å². The van der Waals surface area contributed by atoms with E-state index >= 15 is 0 Å². The number of hydrogen-bond donors (Lipinski definition) is 3. The van der Waals surface area contributed by atoms with E-state index in [9.17, 15) is 14.7 Å². The number of benzene rings is 2. The van der Waals surface area contributed by atoms with Gasteiger partial charge < -0.3 is 25.0 Å². The van der Waals surface area contributed by atoms with E-state index in [-0.39, 0.29) is 24.2 Å². The number of nitrogens with zero attached hydrogens (tertiary/aromatic N) is 3. The predicted molar refractivity (Wildman–Crippen MR) is 127 cm³/mol. The van der Waals surface area contributed by atoms with Gasteiger partial charge in [-0.05, 0) is 42.5 Å². The standard InChI is InChI=1S/C21H21Cl2N5O4S/c1-28-19(17(10-29)25-20(31)12-3-6-14(32-2)7-4-12)26-27-21(28)33-11-18(30)24-16-8-5-13(22)9-15(16)23/h3-9,17,29H,10-11H2,1-2H3,(H,24,30)(H,25,31)/t17-/m0/s1. The number of thioether (sulfide) groups is 1. The Hall–Kier alpha value is -2.79. The molecule has 12 heteroatoms. The summed E-state index contributed by atoms with van der Waals surface area (Å²) in [5.41, 5.74) is 0.857. The van der Waals surface area contributed by atoms with Crippen molar-refractivity contribution in [2.75, 3.05) is 24.8 Å². The van der Waals surface area contributed by atoms with Crippen molar-refractivity contribution < 1.29 is 19.4 Å². The molecule has 33 heavy (non-hydrogen) atoms. The molecule has 0 radical (unpaired) electrons. The van der Waals surface area contributed by atoms with E-state index in [0.717, 1.165) is 11.8 Å². The van der Waals surface area contributed by atoms with E-state index in [2.05, 4.69) is 20.8 Å². The lowest BCUT2D eigenvalue weighted by molar-refractivity contribution is -0.113. The zero-order valence-corrected chi connectivity index (χ0v) is 20.0. The van der Waals surface area contributed by atoms with Gasteiger partial charge in [0, 0.05) is 17.6 Å². The molecule has 0 bridgehead atoms. The molecule has 2 amide bonds.